The lowest BCUT2D eigenvalue weighted by atomic mass is 10.3. The molecule has 16 heavy (non-hydrogen) atoms. The Labute approximate surface area is 97.0 Å². The van der Waals surface area contributed by atoms with E-state index in [1.807, 2.05) is 0 Å². The first-order valence-corrected chi connectivity index (χ1v) is 4.83. The van der Waals surface area contributed by atoms with Crippen molar-refractivity contribution in [3.05, 3.63) is 29.3 Å². The normalized spacial score (nSPS) is 11.6. The zero-order valence-corrected chi connectivity index (χ0v) is 9.19. The van der Waals surface area contributed by atoms with Crippen LogP contribution in [0, 0.1) is 0 Å². The van der Waals surface area contributed by atoms with Gasteiger partial charge in [-0.05, 0) is 31.2 Å². The Bertz CT molecular complexity index is 390. The smallest absolute Gasteiger partial charge is 0.412 e. The van der Waals surface area contributed by atoms with E-state index in [4.69, 9.17) is 16.7 Å². The maximum atomic E-state index is 11.2. The third-order valence-corrected chi connectivity index (χ3v) is 1.97. The van der Waals surface area contributed by atoms with Gasteiger partial charge in [0.1, 0.15) is 0 Å². The average molecular weight is 244 g/mol. The molecule has 0 bridgehead atoms. The van der Waals surface area contributed by atoms with Crippen LogP contribution in [0.3, 0.4) is 0 Å². The first kappa shape index (κ1) is 12.3. The van der Waals surface area contributed by atoms with Crippen LogP contribution in [0.15, 0.2) is 24.3 Å². The summed E-state index contributed by atoms with van der Waals surface area (Å²) in [5, 5.41) is 11.4. The molecule has 0 heterocycles. The summed E-state index contributed by atoms with van der Waals surface area (Å²) in [5.74, 6) is -1.20. The number of aliphatic carboxylic acids is 1. The molecule has 1 aromatic carbocycles. The van der Waals surface area contributed by atoms with Crippen LogP contribution in [0.2, 0.25) is 5.02 Å². The summed E-state index contributed by atoms with van der Waals surface area (Å²) in [6, 6.07) is 6.35. The van der Waals surface area contributed by atoms with Crippen molar-refractivity contribution < 1.29 is 19.4 Å². The Balaban J connectivity index is 2.52. The van der Waals surface area contributed by atoms with Crippen LogP contribution >= 0.6 is 11.6 Å². The molecule has 1 rings (SSSR count). The van der Waals surface area contributed by atoms with Crippen molar-refractivity contribution in [1.82, 2.24) is 0 Å². The molecule has 5 nitrogen and oxygen atoms in total. The molecule has 0 aliphatic heterocycles. The maximum Gasteiger partial charge on any atom is 0.412 e. The van der Waals surface area contributed by atoms with E-state index in [0.29, 0.717) is 10.7 Å². The van der Waals surface area contributed by atoms with E-state index in [1.165, 1.54) is 6.92 Å². The van der Waals surface area contributed by atoms with Gasteiger partial charge in [-0.3, -0.25) is 5.32 Å². The van der Waals surface area contributed by atoms with Gasteiger partial charge >= 0.3 is 12.1 Å². The zero-order chi connectivity index (χ0) is 12.1. The van der Waals surface area contributed by atoms with Gasteiger partial charge < -0.3 is 9.84 Å². The van der Waals surface area contributed by atoms with E-state index in [1.54, 1.807) is 24.3 Å². The number of halogens is 1. The predicted octanol–water partition coefficient (Wildman–Crippen LogP) is 2.36. The molecule has 0 aliphatic rings. The molecule has 1 aromatic rings. The van der Waals surface area contributed by atoms with Crippen molar-refractivity contribution in [2.75, 3.05) is 5.32 Å². The molecule has 0 fully saturated rings. The summed E-state index contributed by atoms with van der Waals surface area (Å²) >= 11 is 5.65. The number of benzene rings is 1. The second-order valence-corrected chi connectivity index (χ2v) is 3.45. The highest BCUT2D eigenvalue weighted by molar-refractivity contribution is 6.30. The molecule has 0 aromatic heterocycles. The Morgan fingerprint density at radius 1 is 1.38 bits per heavy atom. The summed E-state index contributed by atoms with van der Waals surface area (Å²) < 4.78 is 4.56. The molecule has 1 atom stereocenters. The van der Waals surface area contributed by atoms with Crippen LogP contribution in [0.25, 0.3) is 0 Å². The molecule has 86 valence electrons. The van der Waals surface area contributed by atoms with Crippen LogP contribution in [0.5, 0.6) is 0 Å². The van der Waals surface area contributed by atoms with Crippen LogP contribution in [0.1, 0.15) is 6.92 Å². The van der Waals surface area contributed by atoms with E-state index in [9.17, 15) is 9.59 Å². The zero-order valence-electron chi connectivity index (χ0n) is 8.44. The summed E-state index contributed by atoms with van der Waals surface area (Å²) in [7, 11) is 0. The molecule has 0 radical (unpaired) electrons. The van der Waals surface area contributed by atoms with Gasteiger partial charge in [-0.15, -0.1) is 0 Å². The Kier molecular flexibility index (Phi) is 4.13. The number of amides is 1. The van der Waals surface area contributed by atoms with Gasteiger partial charge in [-0.25, -0.2) is 9.59 Å². The highest BCUT2D eigenvalue weighted by Crippen LogP contribution is 2.13. The summed E-state index contributed by atoms with van der Waals surface area (Å²) in [4.78, 5) is 21.6. The van der Waals surface area contributed by atoms with Gasteiger partial charge in [0.25, 0.3) is 0 Å². The second-order valence-electron chi connectivity index (χ2n) is 3.02. The van der Waals surface area contributed by atoms with Gasteiger partial charge in [0.15, 0.2) is 6.10 Å². The average Bonchev–Trinajstić information content (AvgIpc) is 2.21. The minimum absolute atomic E-state index is 0.479. The Morgan fingerprint density at radius 2 is 1.94 bits per heavy atom. The molecular weight excluding hydrogens is 234 g/mol. The van der Waals surface area contributed by atoms with Crippen molar-refractivity contribution in [3.8, 4) is 0 Å². The maximum absolute atomic E-state index is 11.2. The first-order valence-electron chi connectivity index (χ1n) is 4.45. The van der Waals surface area contributed by atoms with Crippen molar-refractivity contribution in [1.29, 1.82) is 0 Å². The van der Waals surface area contributed by atoms with Crippen molar-refractivity contribution in [3.63, 3.8) is 0 Å². The number of ether oxygens (including phenoxy) is 1. The van der Waals surface area contributed by atoms with Crippen LogP contribution in [-0.4, -0.2) is 23.3 Å². The summed E-state index contributed by atoms with van der Waals surface area (Å²) in [5.41, 5.74) is 0.479. The third-order valence-electron chi connectivity index (χ3n) is 1.72. The minimum atomic E-state index is -1.20. The van der Waals surface area contributed by atoms with Gasteiger partial charge in [-0.1, -0.05) is 11.6 Å². The molecule has 0 spiro atoms. The molecule has 1 amide bonds. The fraction of sp³-hybridized carbons (Fsp3) is 0.200. The first-order chi connectivity index (χ1) is 7.49. The number of carbonyl (C=O) groups is 2. The number of rotatable bonds is 3. The molecular formula is C10H10ClNO4. The molecule has 6 heteroatoms. The van der Waals surface area contributed by atoms with Crippen LogP contribution in [-0.2, 0) is 9.53 Å². The van der Waals surface area contributed by atoms with Crippen molar-refractivity contribution in [2.45, 2.75) is 13.0 Å². The third kappa shape index (κ3) is 3.78. The quantitative estimate of drug-likeness (QED) is 0.855. The second kappa shape index (κ2) is 5.37. The SMILES string of the molecule is C[C@H](OC(=O)Nc1ccc(Cl)cc1)C(=O)O. The topological polar surface area (TPSA) is 75.6 Å². The standard InChI is InChI=1S/C10H10ClNO4/c1-6(9(13)14)16-10(15)12-8-4-2-7(11)3-5-8/h2-6H,1H3,(H,12,15)(H,13,14)/t6-/m0/s1. The lowest BCUT2D eigenvalue weighted by Gasteiger charge is -2.09. The monoisotopic (exact) mass is 243 g/mol. The lowest BCUT2D eigenvalue weighted by molar-refractivity contribution is -0.145. The Morgan fingerprint density at radius 3 is 2.44 bits per heavy atom. The van der Waals surface area contributed by atoms with E-state index >= 15 is 0 Å². The van der Waals surface area contributed by atoms with Crippen molar-refractivity contribution >= 4 is 29.4 Å². The van der Waals surface area contributed by atoms with Gasteiger partial charge in [0, 0.05) is 10.7 Å². The highest BCUT2D eigenvalue weighted by Gasteiger charge is 2.15. The molecule has 0 saturated heterocycles. The van der Waals surface area contributed by atoms with Crippen LogP contribution < -0.4 is 5.32 Å². The number of hydrogen-bond acceptors (Lipinski definition) is 3. The number of anilines is 1. The fourth-order valence-electron chi connectivity index (χ4n) is 0.892. The van der Waals surface area contributed by atoms with E-state index in [2.05, 4.69) is 10.1 Å². The van der Waals surface area contributed by atoms with Crippen LogP contribution in [0.4, 0.5) is 10.5 Å². The van der Waals surface area contributed by atoms with Crippen molar-refractivity contribution in [2.24, 2.45) is 0 Å². The number of carboxylic acids is 1. The van der Waals surface area contributed by atoms with Gasteiger partial charge in [-0.2, -0.15) is 0 Å². The van der Waals surface area contributed by atoms with Gasteiger partial charge in [0.05, 0.1) is 0 Å². The number of nitrogens with one attached hydrogen (secondary N) is 1. The molecule has 0 aliphatic carbocycles. The minimum Gasteiger partial charge on any atom is -0.479 e. The number of hydrogen-bond donors (Lipinski definition) is 2. The molecule has 0 unspecified atom stereocenters. The van der Waals surface area contributed by atoms with Gasteiger partial charge in [0.2, 0.25) is 0 Å². The largest absolute Gasteiger partial charge is 0.479 e. The lowest BCUT2D eigenvalue weighted by Crippen LogP contribution is -2.26. The highest BCUT2D eigenvalue weighted by atomic mass is 35.5. The van der Waals surface area contributed by atoms with E-state index < -0.39 is 18.2 Å². The number of carbonyl (C=O) groups excluding carboxylic acids is 1. The van der Waals surface area contributed by atoms with E-state index in [-0.39, 0.29) is 0 Å². The molecule has 0 saturated carbocycles. The number of carboxylic acid groups (broad SMARTS) is 1. The molecule has 2 N–H and O–H groups in total. The summed E-state index contributed by atoms with van der Waals surface area (Å²) in [6.07, 6.45) is -2.01. The fourth-order valence-corrected chi connectivity index (χ4v) is 1.02. The predicted molar refractivity (Wildman–Crippen MR) is 58.7 cm³/mol. The Hall–Kier alpha value is -1.75. The van der Waals surface area contributed by atoms with E-state index in [0.717, 1.165) is 0 Å². The summed E-state index contributed by atoms with van der Waals surface area (Å²) in [6.45, 7) is 1.27.